The van der Waals surface area contributed by atoms with Crippen molar-refractivity contribution >= 4 is 5.78 Å². The number of ether oxygens (including phenoxy) is 1. The molecule has 2 unspecified atom stereocenters. The summed E-state index contributed by atoms with van der Waals surface area (Å²) in [5.74, 6) is -0.131. The summed E-state index contributed by atoms with van der Waals surface area (Å²) >= 11 is 0. The lowest BCUT2D eigenvalue weighted by Gasteiger charge is -2.19. The molecule has 1 N–H and O–H groups in total. The molecule has 0 bridgehead atoms. The Kier molecular flexibility index (Phi) is 4.30. The SMILES string of the molecule is CC(=O)C(OC(C)C)C(C)O. The molecule has 0 saturated heterocycles. The minimum absolute atomic E-state index is 0.0292. The van der Waals surface area contributed by atoms with Crippen LogP contribution >= 0.6 is 0 Å². The Morgan fingerprint density at radius 1 is 1.36 bits per heavy atom. The Balaban J connectivity index is 4.01. The second-order valence-electron chi connectivity index (χ2n) is 2.96. The average molecular weight is 160 g/mol. The second-order valence-corrected chi connectivity index (χ2v) is 2.96. The van der Waals surface area contributed by atoms with Gasteiger partial charge in [-0.1, -0.05) is 0 Å². The molecule has 0 aromatic rings. The minimum atomic E-state index is -0.727. The van der Waals surface area contributed by atoms with Gasteiger partial charge in [-0.15, -0.1) is 0 Å². The quantitative estimate of drug-likeness (QED) is 0.660. The number of Topliss-reactive ketones (excluding diaryl/α,β-unsaturated/α-hetero) is 1. The maximum atomic E-state index is 10.8. The van der Waals surface area contributed by atoms with Crippen LogP contribution in [0, 0.1) is 0 Å². The van der Waals surface area contributed by atoms with Gasteiger partial charge in [0.05, 0.1) is 12.2 Å². The van der Waals surface area contributed by atoms with Gasteiger partial charge in [0.15, 0.2) is 5.78 Å². The number of hydrogen-bond donors (Lipinski definition) is 1. The third kappa shape index (κ3) is 4.11. The first-order valence-corrected chi connectivity index (χ1v) is 3.79. The fourth-order valence-corrected chi connectivity index (χ4v) is 0.842. The van der Waals surface area contributed by atoms with Crippen molar-refractivity contribution in [3.63, 3.8) is 0 Å². The van der Waals surface area contributed by atoms with Gasteiger partial charge in [0.2, 0.25) is 0 Å². The van der Waals surface area contributed by atoms with E-state index in [-0.39, 0.29) is 11.9 Å². The van der Waals surface area contributed by atoms with E-state index in [0.717, 1.165) is 0 Å². The van der Waals surface area contributed by atoms with Crippen LogP contribution in [0.15, 0.2) is 0 Å². The van der Waals surface area contributed by atoms with Crippen LogP contribution in [0.4, 0.5) is 0 Å². The Labute approximate surface area is 67.4 Å². The van der Waals surface area contributed by atoms with Gasteiger partial charge in [-0.05, 0) is 27.7 Å². The summed E-state index contributed by atoms with van der Waals surface area (Å²) in [4.78, 5) is 10.8. The van der Waals surface area contributed by atoms with E-state index in [1.807, 2.05) is 13.8 Å². The number of hydrogen-bond acceptors (Lipinski definition) is 3. The van der Waals surface area contributed by atoms with Crippen molar-refractivity contribution in [1.29, 1.82) is 0 Å². The van der Waals surface area contributed by atoms with E-state index in [4.69, 9.17) is 9.84 Å². The lowest BCUT2D eigenvalue weighted by atomic mass is 10.1. The molecule has 0 aromatic carbocycles. The highest BCUT2D eigenvalue weighted by molar-refractivity contribution is 5.81. The third-order valence-electron chi connectivity index (χ3n) is 1.26. The number of ketones is 1. The van der Waals surface area contributed by atoms with Crippen molar-refractivity contribution in [3.05, 3.63) is 0 Å². The number of carbonyl (C=O) groups is 1. The van der Waals surface area contributed by atoms with Gasteiger partial charge in [-0.2, -0.15) is 0 Å². The van der Waals surface area contributed by atoms with Crippen molar-refractivity contribution in [1.82, 2.24) is 0 Å². The molecule has 0 radical (unpaired) electrons. The summed E-state index contributed by atoms with van der Waals surface area (Å²) in [5.41, 5.74) is 0. The third-order valence-corrected chi connectivity index (χ3v) is 1.26. The zero-order valence-corrected chi connectivity index (χ0v) is 7.50. The summed E-state index contributed by atoms with van der Waals surface area (Å²) in [6.07, 6.45) is -1.43. The molecule has 0 fully saturated rings. The van der Waals surface area contributed by atoms with E-state index >= 15 is 0 Å². The van der Waals surface area contributed by atoms with E-state index in [0.29, 0.717) is 0 Å². The number of rotatable bonds is 4. The van der Waals surface area contributed by atoms with Gasteiger partial charge >= 0.3 is 0 Å². The van der Waals surface area contributed by atoms with Crippen molar-refractivity contribution < 1.29 is 14.6 Å². The highest BCUT2D eigenvalue weighted by Crippen LogP contribution is 2.04. The predicted molar refractivity (Wildman–Crippen MR) is 42.4 cm³/mol. The molecule has 0 amide bonds. The van der Waals surface area contributed by atoms with Crippen LogP contribution in [0.5, 0.6) is 0 Å². The van der Waals surface area contributed by atoms with Gasteiger partial charge in [0.25, 0.3) is 0 Å². The largest absolute Gasteiger partial charge is 0.390 e. The van der Waals surface area contributed by atoms with Gasteiger partial charge in [0, 0.05) is 0 Å². The molecule has 2 atom stereocenters. The zero-order valence-electron chi connectivity index (χ0n) is 7.50. The molecule has 0 aliphatic rings. The fraction of sp³-hybridized carbons (Fsp3) is 0.875. The van der Waals surface area contributed by atoms with E-state index in [9.17, 15) is 4.79 Å². The Morgan fingerprint density at radius 2 is 1.82 bits per heavy atom. The Morgan fingerprint density at radius 3 is 1.91 bits per heavy atom. The highest BCUT2D eigenvalue weighted by Gasteiger charge is 2.21. The molecular weight excluding hydrogens is 144 g/mol. The molecule has 11 heavy (non-hydrogen) atoms. The lowest BCUT2D eigenvalue weighted by Crippen LogP contribution is -2.35. The maximum absolute atomic E-state index is 10.8. The Bertz CT molecular complexity index is 129. The van der Waals surface area contributed by atoms with E-state index in [2.05, 4.69) is 0 Å². The van der Waals surface area contributed by atoms with Crippen molar-refractivity contribution in [2.45, 2.75) is 46.0 Å². The first-order valence-electron chi connectivity index (χ1n) is 3.79. The molecule has 0 heterocycles. The molecule has 3 nitrogen and oxygen atoms in total. The molecule has 0 aliphatic carbocycles. The molecule has 0 rings (SSSR count). The number of aliphatic hydroxyl groups is 1. The smallest absolute Gasteiger partial charge is 0.161 e. The number of carbonyl (C=O) groups excluding carboxylic acids is 1. The van der Waals surface area contributed by atoms with Crippen molar-refractivity contribution in [2.75, 3.05) is 0 Å². The van der Waals surface area contributed by atoms with E-state index in [1.54, 1.807) is 6.92 Å². The maximum Gasteiger partial charge on any atom is 0.161 e. The zero-order chi connectivity index (χ0) is 9.02. The summed E-state index contributed by atoms with van der Waals surface area (Å²) in [6, 6.07) is 0. The summed E-state index contributed by atoms with van der Waals surface area (Å²) in [5, 5.41) is 9.09. The van der Waals surface area contributed by atoms with Gasteiger partial charge in [0.1, 0.15) is 6.10 Å². The van der Waals surface area contributed by atoms with Crippen LogP contribution in [-0.2, 0) is 9.53 Å². The monoisotopic (exact) mass is 160 g/mol. The molecule has 3 heteroatoms. The predicted octanol–water partition coefficient (Wildman–Crippen LogP) is 0.750. The van der Waals surface area contributed by atoms with Crippen LogP contribution in [0.3, 0.4) is 0 Å². The van der Waals surface area contributed by atoms with Crippen molar-refractivity contribution in [2.24, 2.45) is 0 Å². The van der Waals surface area contributed by atoms with Crippen LogP contribution in [-0.4, -0.2) is 29.2 Å². The van der Waals surface area contributed by atoms with Crippen LogP contribution in [0.1, 0.15) is 27.7 Å². The summed E-state index contributed by atoms with van der Waals surface area (Å²) < 4.78 is 5.17. The van der Waals surface area contributed by atoms with Gasteiger partial charge in [-0.3, -0.25) is 4.79 Å². The second kappa shape index (κ2) is 4.46. The highest BCUT2D eigenvalue weighted by atomic mass is 16.5. The molecule has 0 spiro atoms. The fourth-order valence-electron chi connectivity index (χ4n) is 0.842. The Hall–Kier alpha value is -0.410. The van der Waals surface area contributed by atoms with Gasteiger partial charge in [-0.25, -0.2) is 0 Å². The number of aliphatic hydroxyl groups excluding tert-OH is 1. The molecular formula is C8H16O3. The first kappa shape index (κ1) is 10.6. The normalized spacial score (nSPS) is 16.5. The van der Waals surface area contributed by atoms with Crippen LogP contribution < -0.4 is 0 Å². The molecule has 0 aromatic heterocycles. The van der Waals surface area contributed by atoms with Crippen LogP contribution in [0.25, 0.3) is 0 Å². The average Bonchev–Trinajstić information content (AvgIpc) is 1.81. The molecule has 0 aliphatic heterocycles. The van der Waals surface area contributed by atoms with Gasteiger partial charge < -0.3 is 9.84 Å². The van der Waals surface area contributed by atoms with E-state index in [1.165, 1.54) is 6.92 Å². The summed E-state index contributed by atoms with van der Waals surface area (Å²) in [7, 11) is 0. The van der Waals surface area contributed by atoms with Crippen LogP contribution in [0.2, 0.25) is 0 Å². The lowest BCUT2D eigenvalue weighted by molar-refractivity contribution is -0.139. The minimum Gasteiger partial charge on any atom is -0.390 e. The van der Waals surface area contributed by atoms with E-state index < -0.39 is 12.2 Å². The standard InChI is InChI=1S/C8H16O3/c1-5(2)11-8(6(3)9)7(4)10/h5-6,8-9H,1-4H3. The molecule has 66 valence electrons. The van der Waals surface area contributed by atoms with Crippen molar-refractivity contribution in [3.8, 4) is 0 Å². The first-order chi connectivity index (χ1) is 4.95. The summed E-state index contributed by atoms with van der Waals surface area (Å²) in [6.45, 7) is 6.63. The topological polar surface area (TPSA) is 46.5 Å². The molecule has 0 saturated carbocycles.